The monoisotopic (exact) mass is 271 g/mol. The zero-order chi connectivity index (χ0) is 13.9. The van der Waals surface area contributed by atoms with Crippen molar-refractivity contribution in [1.82, 2.24) is 4.90 Å². The summed E-state index contributed by atoms with van der Waals surface area (Å²) >= 11 is 0. The van der Waals surface area contributed by atoms with Crippen LogP contribution in [0.15, 0.2) is 0 Å². The molecule has 1 aliphatic heterocycles. The van der Waals surface area contributed by atoms with Gasteiger partial charge in [0, 0.05) is 13.1 Å². The number of carboxylic acid groups (broad SMARTS) is 1. The molecule has 1 aliphatic rings. The second kappa shape index (κ2) is 10.2. The second-order valence-corrected chi connectivity index (χ2v) is 5.51. The molecular formula is C15H29NO3. The van der Waals surface area contributed by atoms with Crippen molar-refractivity contribution >= 4 is 5.97 Å². The Morgan fingerprint density at radius 3 is 2.58 bits per heavy atom. The lowest BCUT2D eigenvalue weighted by atomic mass is 10.1. The fraction of sp³-hybridized carbons (Fsp3) is 0.933. The predicted octanol–water partition coefficient (Wildman–Crippen LogP) is 2.91. The van der Waals surface area contributed by atoms with Crippen LogP contribution in [0.5, 0.6) is 0 Å². The van der Waals surface area contributed by atoms with E-state index in [1.54, 1.807) is 0 Å². The van der Waals surface area contributed by atoms with Crippen LogP contribution in [-0.4, -0.2) is 48.3 Å². The van der Waals surface area contributed by atoms with Gasteiger partial charge in [-0.2, -0.15) is 0 Å². The van der Waals surface area contributed by atoms with Crippen molar-refractivity contribution in [3.05, 3.63) is 0 Å². The molecule has 1 saturated heterocycles. The predicted molar refractivity (Wildman–Crippen MR) is 76.4 cm³/mol. The van der Waals surface area contributed by atoms with Crippen molar-refractivity contribution in [2.75, 3.05) is 26.2 Å². The van der Waals surface area contributed by atoms with E-state index in [9.17, 15) is 4.79 Å². The first-order valence-corrected chi connectivity index (χ1v) is 7.78. The van der Waals surface area contributed by atoms with Crippen LogP contribution in [0.2, 0.25) is 0 Å². The molecule has 112 valence electrons. The molecule has 1 fully saturated rings. The average Bonchev–Trinajstić information content (AvgIpc) is 2.37. The van der Waals surface area contributed by atoms with E-state index in [0.717, 1.165) is 19.6 Å². The van der Waals surface area contributed by atoms with Crippen LogP contribution in [0.4, 0.5) is 0 Å². The molecule has 19 heavy (non-hydrogen) atoms. The van der Waals surface area contributed by atoms with Gasteiger partial charge < -0.3 is 9.84 Å². The summed E-state index contributed by atoms with van der Waals surface area (Å²) in [5.74, 6) is -0.761. The number of carboxylic acids is 1. The standard InChI is InChI=1S/C15H29NO3/c1-2-3-4-5-6-7-8-9-16-10-11-19-14(13-16)12-15(17)18/h14H,2-13H2,1H3,(H,17,18). The highest BCUT2D eigenvalue weighted by Crippen LogP contribution is 2.11. The van der Waals surface area contributed by atoms with Gasteiger partial charge in [0.2, 0.25) is 0 Å². The summed E-state index contributed by atoms with van der Waals surface area (Å²) in [4.78, 5) is 13.0. The van der Waals surface area contributed by atoms with Gasteiger partial charge in [-0.25, -0.2) is 0 Å². The van der Waals surface area contributed by atoms with E-state index in [-0.39, 0.29) is 12.5 Å². The van der Waals surface area contributed by atoms with Crippen molar-refractivity contribution in [3.8, 4) is 0 Å². The van der Waals surface area contributed by atoms with Gasteiger partial charge >= 0.3 is 5.97 Å². The van der Waals surface area contributed by atoms with E-state index < -0.39 is 5.97 Å². The minimum atomic E-state index is -0.761. The largest absolute Gasteiger partial charge is 0.481 e. The molecule has 1 rings (SSSR count). The first-order chi connectivity index (χ1) is 9.22. The molecule has 0 aromatic rings. The maximum Gasteiger partial charge on any atom is 0.306 e. The van der Waals surface area contributed by atoms with Crippen molar-refractivity contribution < 1.29 is 14.6 Å². The Hall–Kier alpha value is -0.610. The van der Waals surface area contributed by atoms with Gasteiger partial charge in [0.05, 0.1) is 19.1 Å². The Bertz CT molecular complexity index is 246. The number of aliphatic carboxylic acids is 1. The topological polar surface area (TPSA) is 49.8 Å². The number of rotatable bonds is 10. The van der Waals surface area contributed by atoms with Crippen LogP contribution in [-0.2, 0) is 9.53 Å². The van der Waals surface area contributed by atoms with Gasteiger partial charge in [-0.15, -0.1) is 0 Å². The molecule has 4 nitrogen and oxygen atoms in total. The maximum absolute atomic E-state index is 10.7. The first-order valence-electron chi connectivity index (χ1n) is 7.78. The lowest BCUT2D eigenvalue weighted by Gasteiger charge is -2.32. The molecule has 0 spiro atoms. The Balaban J connectivity index is 2.01. The normalized spacial score (nSPS) is 20.6. The van der Waals surface area contributed by atoms with Crippen LogP contribution in [0.25, 0.3) is 0 Å². The summed E-state index contributed by atoms with van der Waals surface area (Å²) in [7, 11) is 0. The molecule has 1 atom stereocenters. The molecule has 0 bridgehead atoms. The smallest absolute Gasteiger partial charge is 0.306 e. The third kappa shape index (κ3) is 8.22. The van der Waals surface area contributed by atoms with E-state index in [1.165, 1.54) is 44.9 Å². The van der Waals surface area contributed by atoms with Crippen molar-refractivity contribution in [2.45, 2.75) is 64.4 Å². The maximum atomic E-state index is 10.7. The molecular weight excluding hydrogens is 242 g/mol. The SMILES string of the molecule is CCCCCCCCCN1CCOC(CC(=O)O)C1. The Kier molecular flexibility index (Phi) is 8.84. The van der Waals surface area contributed by atoms with E-state index in [4.69, 9.17) is 9.84 Å². The summed E-state index contributed by atoms with van der Waals surface area (Å²) in [6, 6.07) is 0. The fourth-order valence-electron chi connectivity index (χ4n) is 2.59. The molecule has 0 amide bonds. The highest BCUT2D eigenvalue weighted by molar-refractivity contribution is 5.67. The third-order valence-corrected chi connectivity index (χ3v) is 3.70. The van der Waals surface area contributed by atoms with Gasteiger partial charge in [0.1, 0.15) is 0 Å². The molecule has 0 radical (unpaired) electrons. The molecule has 0 saturated carbocycles. The number of ether oxygens (including phenoxy) is 1. The lowest BCUT2D eigenvalue weighted by molar-refractivity contribution is -0.142. The van der Waals surface area contributed by atoms with Crippen LogP contribution < -0.4 is 0 Å². The summed E-state index contributed by atoms with van der Waals surface area (Å²) in [6.45, 7) is 5.74. The van der Waals surface area contributed by atoms with Gasteiger partial charge in [-0.1, -0.05) is 45.4 Å². The molecule has 4 heteroatoms. The minimum Gasteiger partial charge on any atom is -0.481 e. The second-order valence-electron chi connectivity index (χ2n) is 5.51. The quantitative estimate of drug-likeness (QED) is 0.621. The molecule has 1 N–H and O–H groups in total. The number of morpholine rings is 1. The molecule has 0 aromatic carbocycles. The van der Waals surface area contributed by atoms with Crippen molar-refractivity contribution in [2.24, 2.45) is 0 Å². The van der Waals surface area contributed by atoms with Gasteiger partial charge in [0.15, 0.2) is 0 Å². The highest BCUT2D eigenvalue weighted by Gasteiger charge is 2.21. The Labute approximate surface area is 117 Å². The first kappa shape index (κ1) is 16.4. The molecule has 0 aliphatic carbocycles. The van der Waals surface area contributed by atoms with Crippen molar-refractivity contribution in [1.29, 1.82) is 0 Å². The number of unbranched alkanes of at least 4 members (excludes halogenated alkanes) is 6. The van der Waals surface area contributed by atoms with Gasteiger partial charge in [-0.05, 0) is 13.0 Å². The zero-order valence-corrected chi connectivity index (χ0v) is 12.3. The van der Waals surface area contributed by atoms with Crippen LogP contribution in [0.1, 0.15) is 58.3 Å². The average molecular weight is 271 g/mol. The lowest BCUT2D eigenvalue weighted by Crippen LogP contribution is -2.43. The highest BCUT2D eigenvalue weighted by atomic mass is 16.5. The number of nitrogens with zero attached hydrogens (tertiary/aromatic N) is 1. The Morgan fingerprint density at radius 2 is 1.89 bits per heavy atom. The summed E-state index contributed by atoms with van der Waals surface area (Å²) in [5.41, 5.74) is 0. The summed E-state index contributed by atoms with van der Waals surface area (Å²) in [5, 5.41) is 8.77. The van der Waals surface area contributed by atoms with Gasteiger partial charge in [-0.3, -0.25) is 9.69 Å². The molecule has 1 heterocycles. The zero-order valence-electron chi connectivity index (χ0n) is 12.3. The number of carbonyl (C=O) groups is 1. The fourth-order valence-corrected chi connectivity index (χ4v) is 2.59. The number of hydrogen-bond donors (Lipinski definition) is 1. The van der Waals surface area contributed by atoms with Crippen LogP contribution in [0.3, 0.4) is 0 Å². The van der Waals surface area contributed by atoms with E-state index in [1.807, 2.05) is 0 Å². The van der Waals surface area contributed by atoms with Crippen LogP contribution in [0, 0.1) is 0 Å². The van der Waals surface area contributed by atoms with E-state index in [0.29, 0.717) is 6.61 Å². The summed E-state index contributed by atoms with van der Waals surface area (Å²) < 4.78 is 5.47. The third-order valence-electron chi connectivity index (χ3n) is 3.70. The molecule has 1 unspecified atom stereocenters. The molecule has 0 aromatic heterocycles. The van der Waals surface area contributed by atoms with E-state index >= 15 is 0 Å². The van der Waals surface area contributed by atoms with Crippen LogP contribution >= 0.6 is 0 Å². The van der Waals surface area contributed by atoms with E-state index in [2.05, 4.69) is 11.8 Å². The summed E-state index contributed by atoms with van der Waals surface area (Å²) in [6.07, 6.45) is 9.27. The van der Waals surface area contributed by atoms with Crippen molar-refractivity contribution in [3.63, 3.8) is 0 Å². The number of hydrogen-bond acceptors (Lipinski definition) is 3. The Morgan fingerprint density at radius 1 is 1.21 bits per heavy atom. The minimum absolute atomic E-state index is 0.115. The van der Waals surface area contributed by atoms with Gasteiger partial charge in [0.25, 0.3) is 0 Å².